The third-order valence-corrected chi connectivity index (χ3v) is 6.98. The summed E-state index contributed by atoms with van der Waals surface area (Å²) in [5, 5.41) is 27.2. The SMILES string of the molecule is Cc1c2c(nn1-c1nnc(C3C=CC(OC(C)C)=C(N)C3)s1)CCN(CC(=O)N[C@@H](C)CO)C2. The number of amides is 1. The predicted molar refractivity (Wildman–Crippen MR) is 129 cm³/mol. The van der Waals surface area contributed by atoms with Crippen molar-refractivity contribution in [2.24, 2.45) is 5.73 Å². The number of carbonyl (C=O) groups is 1. The number of carbonyl (C=O) groups excluding carboxylic acids is 1. The van der Waals surface area contributed by atoms with E-state index >= 15 is 0 Å². The molecule has 4 rings (SSSR count). The number of fused-ring (bicyclic) bond motifs is 1. The second-order valence-corrected chi connectivity index (χ2v) is 10.2. The molecule has 1 unspecified atom stereocenters. The van der Waals surface area contributed by atoms with Crippen LogP contribution in [0.15, 0.2) is 23.6 Å². The maximum atomic E-state index is 12.2. The van der Waals surface area contributed by atoms with Crippen molar-refractivity contribution >= 4 is 17.2 Å². The molecule has 2 aliphatic rings. The summed E-state index contributed by atoms with van der Waals surface area (Å²) in [5.74, 6) is 0.710. The zero-order valence-electron chi connectivity index (χ0n) is 20.1. The van der Waals surface area contributed by atoms with Crippen molar-refractivity contribution in [2.75, 3.05) is 19.7 Å². The van der Waals surface area contributed by atoms with Gasteiger partial charge in [-0.15, -0.1) is 10.2 Å². The molecule has 34 heavy (non-hydrogen) atoms. The lowest BCUT2D eigenvalue weighted by Gasteiger charge is -2.26. The fourth-order valence-electron chi connectivity index (χ4n) is 4.17. The van der Waals surface area contributed by atoms with Gasteiger partial charge in [-0.05, 0) is 33.8 Å². The van der Waals surface area contributed by atoms with Crippen LogP contribution in [0.3, 0.4) is 0 Å². The van der Waals surface area contributed by atoms with Crippen LogP contribution in [0.5, 0.6) is 0 Å². The summed E-state index contributed by atoms with van der Waals surface area (Å²) in [7, 11) is 0. The number of allylic oxidation sites excluding steroid dienone is 3. The number of aromatic nitrogens is 4. The molecule has 0 fully saturated rings. The Labute approximate surface area is 203 Å². The van der Waals surface area contributed by atoms with Crippen molar-refractivity contribution in [2.45, 2.75) is 65.1 Å². The predicted octanol–water partition coefficient (Wildman–Crippen LogP) is 1.53. The average molecular weight is 488 g/mol. The van der Waals surface area contributed by atoms with Gasteiger partial charge < -0.3 is 20.9 Å². The Morgan fingerprint density at radius 1 is 1.38 bits per heavy atom. The smallest absolute Gasteiger partial charge is 0.234 e. The van der Waals surface area contributed by atoms with Crippen LogP contribution in [0.2, 0.25) is 0 Å². The van der Waals surface area contributed by atoms with Crippen LogP contribution in [-0.4, -0.2) is 67.7 Å². The van der Waals surface area contributed by atoms with Crippen molar-refractivity contribution in [1.29, 1.82) is 0 Å². The van der Waals surface area contributed by atoms with E-state index in [-0.39, 0.29) is 30.6 Å². The highest BCUT2D eigenvalue weighted by Gasteiger charge is 2.27. The quantitative estimate of drug-likeness (QED) is 0.511. The number of nitrogens with two attached hydrogens (primary N) is 1. The van der Waals surface area contributed by atoms with Gasteiger partial charge in [0, 0.05) is 49.1 Å². The lowest BCUT2D eigenvalue weighted by molar-refractivity contribution is -0.123. The number of aliphatic hydroxyl groups is 1. The fourth-order valence-corrected chi connectivity index (χ4v) is 5.10. The van der Waals surface area contributed by atoms with Gasteiger partial charge in [-0.25, -0.2) is 4.68 Å². The highest BCUT2D eigenvalue weighted by molar-refractivity contribution is 7.13. The van der Waals surface area contributed by atoms with E-state index in [1.54, 1.807) is 6.92 Å². The van der Waals surface area contributed by atoms with E-state index in [9.17, 15) is 4.79 Å². The van der Waals surface area contributed by atoms with Gasteiger partial charge in [0.2, 0.25) is 11.0 Å². The van der Waals surface area contributed by atoms with Gasteiger partial charge in [0.15, 0.2) is 0 Å². The molecule has 0 aromatic carbocycles. The normalized spacial score (nSPS) is 19.4. The van der Waals surface area contributed by atoms with E-state index in [0.717, 1.165) is 51.5 Å². The number of rotatable bonds is 8. The van der Waals surface area contributed by atoms with Crippen molar-refractivity contribution in [3.63, 3.8) is 0 Å². The minimum Gasteiger partial charge on any atom is -0.489 e. The van der Waals surface area contributed by atoms with Gasteiger partial charge in [-0.1, -0.05) is 17.4 Å². The van der Waals surface area contributed by atoms with Crippen molar-refractivity contribution in [3.8, 4) is 5.13 Å². The van der Waals surface area contributed by atoms with Crippen LogP contribution in [0.1, 0.15) is 55.1 Å². The van der Waals surface area contributed by atoms with Crippen LogP contribution >= 0.6 is 11.3 Å². The molecule has 184 valence electrons. The van der Waals surface area contributed by atoms with Crippen molar-refractivity contribution < 1.29 is 14.6 Å². The molecule has 2 aromatic heterocycles. The van der Waals surface area contributed by atoms with Crippen LogP contribution < -0.4 is 11.1 Å². The first-order chi connectivity index (χ1) is 16.2. The Morgan fingerprint density at radius 3 is 2.88 bits per heavy atom. The van der Waals surface area contributed by atoms with Gasteiger partial charge in [-0.2, -0.15) is 5.10 Å². The Balaban J connectivity index is 1.45. The Bertz CT molecular complexity index is 1100. The molecule has 1 amide bonds. The molecule has 1 aliphatic carbocycles. The van der Waals surface area contributed by atoms with Gasteiger partial charge in [0.1, 0.15) is 10.8 Å². The lowest BCUT2D eigenvalue weighted by atomic mass is 9.98. The third-order valence-electron chi connectivity index (χ3n) is 5.95. The lowest BCUT2D eigenvalue weighted by Crippen LogP contribution is -2.43. The first-order valence-corrected chi connectivity index (χ1v) is 12.4. The van der Waals surface area contributed by atoms with E-state index in [1.807, 2.05) is 31.5 Å². The monoisotopic (exact) mass is 487 g/mol. The molecule has 0 bridgehead atoms. The summed E-state index contributed by atoms with van der Waals surface area (Å²) in [6.07, 6.45) is 5.48. The standard InChI is InChI=1S/C23H33N7O3S/c1-13(2)33-20-6-5-16(9-18(20)24)22-26-27-23(34-22)30-15(4)17-10-29(8-7-19(17)28-30)11-21(32)25-14(3)12-31/h5-6,13-14,16,31H,7-12,24H2,1-4H3,(H,25,32)/t14-,16?/m0/s1. The first-order valence-electron chi connectivity index (χ1n) is 11.6. The second-order valence-electron chi connectivity index (χ2n) is 9.18. The van der Waals surface area contributed by atoms with E-state index in [0.29, 0.717) is 19.5 Å². The van der Waals surface area contributed by atoms with Crippen LogP contribution in [0.25, 0.3) is 5.13 Å². The number of ether oxygens (including phenoxy) is 1. The van der Waals surface area contributed by atoms with Gasteiger partial charge >= 0.3 is 0 Å². The van der Waals surface area contributed by atoms with Crippen LogP contribution in [-0.2, 0) is 22.5 Å². The Kier molecular flexibility index (Phi) is 7.34. The largest absolute Gasteiger partial charge is 0.489 e. The minimum atomic E-state index is -0.247. The number of hydrogen-bond donors (Lipinski definition) is 3. The van der Waals surface area contributed by atoms with E-state index in [1.165, 1.54) is 11.3 Å². The summed E-state index contributed by atoms with van der Waals surface area (Å²) in [5.41, 5.74) is 10.1. The fraction of sp³-hybridized carbons (Fsp3) is 0.565. The summed E-state index contributed by atoms with van der Waals surface area (Å²) in [6.45, 7) is 9.40. The van der Waals surface area contributed by atoms with Gasteiger partial charge in [0.25, 0.3) is 0 Å². The average Bonchev–Trinajstić information content (AvgIpc) is 3.40. The molecule has 0 saturated carbocycles. The zero-order chi connectivity index (χ0) is 24.4. The van der Waals surface area contributed by atoms with Crippen molar-refractivity contribution in [1.82, 2.24) is 30.2 Å². The summed E-state index contributed by atoms with van der Waals surface area (Å²) in [6, 6.07) is -0.247. The summed E-state index contributed by atoms with van der Waals surface area (Å²) < 4.78 is 7.63. The number of nitrogens with one attached hydrogen (secondary N) is 1. The second kappa shape index (κ2) is 10.2. The molecule has 0 saturated heterocycles. The van der Waals surface area contributed by atoms with Gasteiger partial charge in [-0.3, -0.25) is 9.69 Å². The van der Waals surface area contributed by atoms with Crippen LogP contribution in [0.4, 0.5) is 0 Å². The molecule has 2 aromatic rings. The number of nitrogens with zero attached hydrogens (tertiary/aromatic N) is 5. The molecule has 11 heteroatoms. The molecule has 4 N–H and O–H groups in total. The zero-order valence-corrected chi connectivity index (χ0v) is 20.9. The maximum absolute atomic E-state index is 12.2. The molecule has 2 atom stereocenters. The minimum absolute atomic E-state index is 0.0616. The van der Waals surface area contributed by atoms with Crippen LogP contribution in [0, 0.1) is 6.92 Å². The number of aliphatic hydroxyl groups excluding tert-OH is 1. The highest BCUT2D eigenvalue weighted by atomic mass is 32.1. The Hall–Kier alpha value is -2.76. The van der Waals surface area contributed by atoms with Crippen molar-refractivity contribution in [3.05, 3.63) is 45.6 Å². The molecule has 10 nitrogen and oxygen atoms in total. The topological polar surface area (TPSA) is 131 Å². The number of hydrogen-bond acceptors (Lipinski definition) is 9. The van der Waals surface area contributed by atoms with E-state index in [2.05, 4.69) is 26.5 Å². The summed E-state index contributed by atoms with van der Waals surface area (Å²) >= 11 is 1.51. The molecule has 0 spiro atoms. The molecular formula is C23H33N7O3S. The van der Waals surface area contributed by atoms with E-state index in [4.69, 9.17) is 20.7 Å². The van der Waals surface area contributed by atoms with Gasteiger partial charge in [0.05, 0.1) is 30.6 Å². The molecular weight excluding hydrogens is 454 g/mol. The molecule has 0 radical (unpaired) electrons. The maximum Gasteiger partial charge on any atom is 0.234 e. The molecule has 1 aliphatic heterocycles. The molecule has 3 heterocycles. The first kappa shape index (κ1) is 24.4. The van der Waals surface area contributed by atoms with E-state index < -0.39 is 0 Å². The Morgan fingerprint density at radius 2 is 2.18 bits per heavy atom. The summed E-state index contributed by atoms with van der Waals surface area (Å²) in [4.78, 5) is 14.3. The highest BCUT2D eigenvalue weighted by Crippen LogP contribution is 2.33. The third kappa shape index (κ3) is 5.31.